The molecule has 114 heavy (non-hydrogen) atoms. The number of para-hydroxylation sites is 8. The van der Waals surface area contributed by atoms with Crippen molar-refractivity contribution in [1.29, 1.82) is 0 Å². The molecule has 2 atom stereocenters. The highest BCUT2D eigenvalue weighted by molar-refractivity contribution is 7.22. The first-order valence-corrected chi connectivity index (χ1v) is 40.1. The summed E-state index contributed by atoms with van der Waals surface area (Å²) in [4.78, 5) is 8.74. The normalized spacial score (nSPS) is 14.9. The third-order valence-corrected chi connectivity index (χ3v) is 25.9. The molecule has 0 aliphatic heterocycles. The second-order valence-electron chi connectivity index (χ2n) is 30.4. The zero-order chi connectivity index (χ0) is 74.7. The van der Waals surface area contributed by atoms with Gasteiger partial charge in [0.05, 0.1) is 33.5 Å². The Kier molecular flexibility index (Phi) is 14.1. The number of furan rings is 1. The van der Waals surface area contributed by atoms with E-state index >= 15 is 0 Å². The van der Waals surface area contributed by atoms with E-state index in [-0.39, 0.29) is 0 Å². The molecule has 0 saturated carbocycles. The van der Waals surface area contributed by atoms with Crippen LogP contribution in [0.2, 0.25) is 0 Å². The van der Waals surface area contributed by atoms with Crippen LogP contribution in [0.1, 0.15) is 44.7 Å². The SMILES string of the molecule is c1ccc(N(c2ccccc2)c2cccc3c2-c2cc(-c4cccc(N(c5ccccc5)c5cccc6c5C5(c7ccccc7-6)c6ccc(-c7ccc(-n8c9ccccc9c9ccccc98)cc7)cc6-c6sc7ccccc7c65)c4)ccc2C32c3cccc(N(c4ccccc4)c4ccccc4)c3-c3c2oc2ccccc32)cc1. The molecule has 3 aromatic heterocycles. The van der Waals surface area contributed by atoms with Gasteiger partial charge in [0.25, 0.3) is 0 Å². The van der Waals surface area contributed by atoms with Crippen molar-refractivity contribution in [2.45, 2.75) is 10.8 Å². The Balaban J connectivity index is 0.705. The highest BCUT2D eigenvalue weighted by Gasteiger charge is 2.58. The molecule has 3 heterocycles. The lowest BCUT2D eigenvalue weighted by Crippen LogP contribution is -2.28. The van der Waals surface area contributed by atoms with Crippen LogP contribution in [0.15, 0.2) is 417 Å². The number of hydrogen-bond donors (Lipinski definition) is 0. The summed E-state index contributed by atoms with van der Waals surface area (Å²) in [6, 6.07) is 153. The van der Waals surface area contributed by atoms with E-state index in [2.05, 4.69) is 432 Å². The second kappa shape index (κ2) is 25.0. The first-order chi connectivity index (χ1) is 56.6. The molecule has 24 rings (SSSR count). The van der Waals surface area contributed by atoms with E-state index in [0.29, 0.717) is 0 Å². The molecule has 2 spiro atoms. The van der Waals surface area contributed by atoms with Gasteiger partial charge in [-0.2, -0.15) is 0 Å². The molecule has 4 aliphatic rings. The topological polar surface area (TPSA) is 27.8 Å². The van der Waals surface area contributed by atoms with Crippen molar-refractivity contribution in [3.05, 3.63) is 457 Å². The van der Waals surface area contributed by atoms with Crippen LogP contribution in [-0.2, 0) is 10.8 Å². The van der Waals surface area contributed by atoms with Crippen LogP contribution in [0.25, 0.3) is 115 Å². The van der Waals surface area contributed by atoms with Gasteiger partial charge in [-0.15, -0.1) is 11.3 Å². The number of fused-ring (bicyclic) bond motifs is 27. The predicted octanol–water partition coefficient (Wildman–Crippen LogP) is 29.2. The average molecular weight is 1470 g/mol. The van der Waals surface area contributed by atoms with Gasteiger partial charge in [0, 0.05) is 87.8 Å². The summed E-state index contributed by atoms with van der Waals surface area (Å²) in [7, 11) is 0. The Labute approximate surface area is 664 Å². The van der Waals surface area contributed by atoms with E-state index in [1.165, 1.54) is 104 Å². The van der Waals surface area contributed by atoms with Crippen LogP contribution in [0.4, 0.5) is 51.2 Å². The third kappa shape index (κ3) is 9.05. The highest BCUT2D eigenvalue weighted by Crippen LogP contribution is 2.71. The van der Waals surface area contributed by atoms with Gasteiger partial charge < -0.3 is 23.7 Å². The first kappa shape index (κ1) is 64.3. The number of anilines is 9. The molecule has 20 aromatic rings. The minimum atomic E-state index is -0.904. The van der Waals surface area contributed by atoms with Gasteiger partial charge in [0.1, 0.15) is 16.8 Å². The molecule has 0 N–H and O–H groups in total. The smallest absolute Gasteiger partial charge is 0.135 e. The molecule has 4 aliphatic carbocycles. The van der Waals surface area contributed by atoms with Crippen molar-refractivity contribution in [3.63, 3.8) is 0 Å². The highest BCUT2D eigenvalue weighted by atomic mass is 32.1. The quantitative estimate of drug-likeness (QED) is 0.122. The zero-order valence-corrected chi connectivity index (χ0v) is 62.7. The fourth-order valence-corrected chi connectivity index (χ4v) is 21.6. The molecule has 6 heteroatoms. The van der Waals surface area contributed by atoms with E-state index in [1.807, 2.05) is 11.3 Å². The Morgan fingerprint density at radius 2 is 0.684 bits per heavy atom. The summed E-state index contributed by atoms with van der Waals surface area (Å²) in [5, 5.41) is 4.89. The Morgan fingerprint density at radius 1 is 0.254 bits per heavy atom. The molecule has 0 saturated heterocycles. The number of aromatic nitrogens is 1. The first-order valence-electron chi connectivity index (χ1n) is 39.3. The Hall–Kier alpha value is -14.6. The van der Waals surface area contributed by atoms with E-state index in [9.17, 15) is 0 Å². The van der Waals surface area contributed by atoms with Crippen LogP contribution in [0.5, 0.6) is 0 Å². The fourth-order valence-electron chi connectivity index (χ4n) is 20.3. The van der Waals surface area contributed by atoms with Crippen LogP contribution in [0, 0.1) is 0 Å². The van der Waals surface area contributed by atoms with Gasteiger partial charge in [-0.25, -0.2) is 0 Å². The fraction of sp³-hybridized carbons (Fsp3) is 0.0185. The summed E-state index contributed by atoms with van der Waals surface area (Å²) in [5.74, 6) is 0.924. The van der Waals surface area contributed by atoms with Crippen molar-refractivity contribution in [3.8, 4) is 71.8 Å². The van der Waals surface area contributed by atoms with Crippen LogP contribution < -0.4 is 14.7 Å². The van der Waals surface area contributed by atoms with Gasteiger partial charge in [0.2, 0.25) is 0 Å². The van der Waals surface area contributed by atoms with Gasteiger partial charge >= 0.3 is 0 Å². The minimum absolute atomic E-state index is 0.703. The third-order valence-electron chi connectivity index (χ3n) is 24.7. The molecule has 0 fully saturated rings. The van der Waals surface area contributed by atoms with Crippen molar-refractivity contribution in [2.75, 3.05) is 14.7 Å². The van der Waals surface area contributed by atoms with Crippen molar-refractivity contribution >= 4 is 105 Å². The maximum absolute atomic E-state index is 7.66. The van der Waals surface area contributed by atoms with E-state index in [1.54, 1.807) is 0 Å². The lowest BCUT2D eigenvalue weighted by molar-refractivity contribution is 0.507. The summed E-state index contributed by atoms with van der Waals surface area (Å²) in [6.07, 6.45) is 0. The van der Waals surface area contributed by atoms with Gasteiger partial charge in [-0.3, -0.25) is 0 Å². The van der Waals surface area contributed by atoms with Gasteiger partial charge in [-0.05, 0) is 223 Å². The summed E-state index contributed by atoms with van der Waals surface area (Å²) in [5.41, 5.74) is 34.1. The Morgan fingerprint density at radius 3 is 1.32 bits per heavy atom. The molecular weight excluding hydrogens is 1400 g/mol. The van der Waals surface area contributed by atoms with E-state index in [4.69, 9.17) is 4.42 Å². The molecule has 0 bridgehead atoms. The number of nitrogens with zero attached hydrogens (tertiary/aromatic N) is 4. The van der Waals surface area contributed by atoms with Crippen LogP contribution in [-0.4, -0.2) is 4.57 Å². The lowest BCUT2D eigenvalue weighted by Gasteiger charge is -2.36. The molecule has 532 valence electrons. The molecule has 17 aromatic carbocycles. The molecule has 0 amide bonds. The second-order valence-corrected chi connectivity index (χ2v) is 31.5. The summed E-state index contributed by atoms with van der Waals surface area (Å²) >= 11 is 1.93. The number of hydrogen-bond acceptors (Lipinski definition) is 5. The van der Waals surface area contributed by atoms with Crippen molar-refractivity contribution in [2.24, 2.45) is 0 Å². The number of benzene rings is 17. The number of rotatable bonds is 12. The lowest BCUT2D eigenvalue weighted by atomic mass is 9.69. The van der Waals surface area contributed by atoms with Gasteiger partial charge in [-0.1, -0.05) is 273 Å². The maximum Gasteiger partial charge on any atom is 0.135 e. The van der Waals surface area contributed by atoms with E-state index in [0.717, 1.165) is 107 Å². The average Bonchev–Trinajstić information content (AvgIpc) is 1.49. The predicted molar refractivity (Wildman–Crippen MR) is 473 cm³/mol. The molecular formula is C108H68N4OS. The standard InChI is InChI=1S/C108H68N4OS/c1-6-31-73(32-7-1)109(74-33-8-2-9-34-74)95-53-28-49-91-100(95)86-67-72(61-64-89(86)107(91)92-50-29-54-96(102(92)101-84-45-19-24-56-98(84)113-106(101)107)110(75-35-10-3-11-36-75)76-37-12-4-13-38-76)70-30-26-41-79(66-70)111(77-39-14-5-15-40-77)97-55-27-47-83-80-42-16-21-48-88(80)108(103(83)97)90-65-60-71(68-87(90)105-104(108)85-46-20-25-57-99(85)114-105)69-58-62-78(63-59-69)112-93-51-22-17-43-81(93)82-44-18-23-52-94(82)112/h1-68H. The largest absolute Gasteiger partial charge is 0.459 e. The number of thiophene rings is 1. The Bertz CT molecular complexity index is 7180. The molecule has 2 unspecified atom stereocenters. The van der Waals surface area contributed by atoms with Crippen LogP contribution >= 0.6 is 11.3 Å². The minimum Gasteiger partial charge on any atom is -0.459 e. The molecule has 0 radical (unpaired) electrons. The summed E-state index contributed by atoms with van der Waals surface area (Å²) < 4.78 is 11.4. The zero-order valence-electron chi connectivity index (χ0n) is 61.9. The van der Waals surface area contributed by atoms with Gasteiger partial charge in [0.15, 0.2) is 0 Å². The van der Waals surface area contributed by atoms with Crippen molar-refractivity contribution < 1.29 is 4.42 Å². The van der Waals surface area contributed by atoms with Crippen LogP contribution in [0.3, 0.4) is 0 Å². The van der Waals surface area contributed by atoms with E-state index < -0.39 is 10.8 Å². The molecule has 5 nitrogen and oxygen atoms in total. The maximum atomic E-state index is 7.66. The monoisotopic (exact) mass is 1470 g/mol. The van der Waals surface area contributed by atoms with Crippen molar-refractivity contribution in [1.82, 2.24) is 4.57 Å². The summed E-state index contributed by atoms with van der Waals surface area (Å²) in [6.45, 7) is 0.